The first-order valence-electron chi connectivity index (χ1n) is 7.54. The summed E-state index contributed by atoms with van der Waals surface area (Å²) in [6, 6.07) is 5.67. The standard InChI is InChI=1S/C16H22N2O5S/c1-4-22-15(20)14(16(21)23-5-2)18(11(3)19)10-12-7-6-8-13(9-12)17-24/h6-9,14,17,24H,4-5,10H2,1-3H3. The summed E-state index contributed by atoms with van der Waals surface area (Å²) < 4.78 is 12.5. The summed E-state index contributed by atoms with van der Waals surface area (Å²) in [5.74, 6) is -2.06. The summed E-state index contributed by atoms with van der Waals surface area (Å²) in [7, 11) is 0. The second kappa shape index (κ2) is 9.82. The van der Waals surface area contributed by atoms with Crippen molar-refractivity contribution in [1.29, 1.82) is 0 Å². The molecule has 0 aliphatic rings. The molecule has 8 heteroatoms. The molecular formula is C16H22N2O5S. The van der Waals surface area contributed by atoms with Gasteiger partial charge in [-0.15, -0.1) is 0 Å². The Kier molecular flexibility index (Phi) is 8.11. The molecule has 0 aliphatic carbocycles. The van der Waals surface area contributed by atoms with Crippen LogP contribution in [0.1, 0.15) is 26.3 Å². The number of amides is 1. The number of anilines is 1. The van der Waals surface area contributed by atoms with Crippen molar-refractivity contribution in [3.05, 3.63) is 29.8 Å². The maximum absolute atomic E-state index is 12.2. The lowest BCUT2D eigenvalue weighted by atomic mass is 10.1. The number of nitrogens with one attached hydrogen (secondary N) is 1. The average molecular weight is 354 g/mol. The van der Waals surface area contributed by atoms with Gasteiger partial charge in [0.1, 0.15) is 0 Å². The lowest BCUT2D eigenvalue weighted by Gasteiger charge is -2.27. The number of nitrogens with zero attached hydrogens (tertiary/aromatic N) is 1. The minimum Gasteiger partial charge on any atom is -0.464 e. The molecule has 1 N–H and O–H groups in total. The SMILES string of the molecule is CCOC(=O)C(C(=O)OCC)N(Cc1cccc(NS)c1)C(C)=O. The third-order valence-electron chi connectivity index (χ3n) is 3.14. The molecule has 7 nitrogen and oxygen atoms in total. The predicted molar refractivity (Wildman–Crippen MR) is 92.3 cm³/mol. The van der Waals surface area contributed by atoms with Crippen molar-refractivity contribution in [2.75, 3.05) is 17.9 Å². The third-order valence-corrected chi connectivity index (χ3v) is 3.40. The summed E-state index contributed by atoms with van der Waals surface area (Å²) in [4.78, 5) is 37.5. The first-order valence-corrected chi connectivity index (χ1v) is 7.98. The van der Waals surface area contributed by atoms with E-state index in [0.29, 0.717) is 0 Å². The fourth-order valence-electron chi connectivity index (χ4n) is 2.11. The molecule has 1 amide bonds. The molecule has 0 aliphatic heterocycles. The Morgan fingerprint density at radius 2 is 1.75 bits per heavy atom. The first kappa shape index (κ1) is 19.8. The van der Waals surface area contributed by atoms with E-state index in [1.165, 1.54) is 6.92 Å². The zero-order valence-corrected chi connectivity index (χ0v) is 14.8. The van der Waals surface area contributed by atoms with E-state index in [1.807, 2.05) is 0 Å². The molecule has 0 saturated heterocycles. The monoisotopic (exact) mass is 354 g/mol. The Bertz CT molecular complexity index is 576. The van der Waals surface area contributed by atoms with E-state index in [-0.39, 0.29) is 19.8 Å². The van der Waals surface area contributed by atoms with Crippen molar-refractivity contribution in [3.63, 3.8) is 0 Å². The van der Waals surface area contributed by atoms with Crippen LogP contribution < -0.4 is 4.72 Å². The van der Waals surface area contributed by atoms with Gasteiger partial charge in [0.25, 0.3) is 0 Å². The number of hydrogen-bond acceptors (Lipinski definition) is 7. The van der Waals surface area contributed by atoms with E-state index < -0.39 is 23.9 Å². The van der Waals surface area contributed by atoms with Crippen molar-refractivity contribution in [1.82, 2.24) is 4.90 Å². The number of carbonyl (C=O) groups is 3. The average Bonchev–Trinajstić information content (AvgIpc) is 2.54. The maximum Gasteiger partial charge on any atom is 0.340 e. The highest BCUT2D eigenvalue weighted by Crippen LogP contribution is 2.16. The highest BCUT2D eigenvalue weighted by Gasteiger charge is 2.37. The molecule has 1 aromatic carbocycles. The Labute approximate surface area is 146 Å². The van der Waals surface area contributed by atoms with Crippen molar-refractivity contribution in [2.45, 2.75) is 33.4 Å². The summed E-state index contributed by atoms with van der Waals surface area (Å²) in [5.41, 5.74) is 1.45. The van der Waals surface area contributed by atoms with Crippen molar-refractivity contribution in [3.8, 4) is 0 Å². The molecule has 0 unspecified atom stereocenters. The van der Waals surface area contributed by atoms with Gasteiger partial charge in [0.15, 0.2) is 0 Å². The first-order chi connectivity index (χ1) is 11.4. The molecule has 132 valence electrons. The predicted octanol–water partition coefficient (Wildman–Crippen LogP) is 1.79. The van der Waals surface area contributed by atoms with Crippen LogP contribution in [-0.2, 0) is 30.4 Å². The van der Waals surface area contributed by atoms with Gasteiger partial charge < -0.3 is 19.1 Å². The summed E-state index contributed by atoms with van der Waals surface area (Å²) in [6.07, 6.45) is 0. The lowest BCUT2D eigenvalue weighted by molar-refractivity contribution is -0.167. The van der Waals surface area contributed by atoms with Gasteiger partial charge in [0.05, 0.1) is 13.2 Å². The number of thiol groups is 1. The van der Waals surface area contributed by atoms with Crippen LogP contribution >= 0.6 is 12.8 Å². The molecule has 0 bridgehead atoms. The van der Waals surface area contributed by atoms with Crippen LogP contribution in [0.4, 0.5) is 5.69 Å². The van der Waals surface area contributed by atoms with Crippen LogP contribution in [-0.4, -0.2) is 42.0 Å². The van der Waals surface area contributed by atoms with E-state index >= 15 is 0 Å². The normalized spacial score (nSPS) is 10.2. The zero-order valence-electron chi connectivity index (χ0n) is 13.9. The molecule has 0 saturated carbocycles. The van der Waals surface area contributed by atoms with E-state index in [9.17, 15) is 14.4 Å². The van der Waals surface area contributed by atoms with Gasteiger partial charge in [-0.3, -0.25) is 4.79 Å². The van der Waals surface area contributed by atoms with Gasteiger partial charge in [-0.2, -0.15) is 0 Å². The van der Waals surface area contributed by atoms with Crippen LogP contribution in [0.15, 0.2) is 24.3 Å². The van der Waals surface area contributed by atoms with Crippen molar-refractivity contribution in [2.24, 2.45) is 0 Å². The number of ether oxygens (including phenoxy) is 2. The minimum absolute atomic E-state index is 0.0565. The fourth-order valence-corrected chi connectivity index (χ4v) is 2.25. The van der Waals surface area contributed by atoms with Crippen molar-refractivity contribution >= 4 is 36.3 Å². The summed E-state index contributed by atoms with van der Waals surface area (Å²) >= 11 is 3.97. The van der Waals surface area contributed by atoms with Gasteiger partial charge in [0.2, 0.25) is 11.9 Å². The van der Waals surface area contributed by atoms with E-state index in [1.54, 1.807) is 38.1 Å². The van der Waals surface area contributed by atoms with Gasteiger partial charge in [-0.25, -0.2) is 9.59 Å². The van der Waals surface area contributed by atoms with E-state index in [2.05, 4.69) is 17.5 Å². The Hall–Kier alpha value is -2.22. The van der Waals surface area contributed by atoms with Gasteiger partial charge in [-0.1, -0.05) is 24.9 Å². The molecule has 0 heterocycles. The molecule has 0 fully saturated rings. The van der Waals surface area contributed by atoms with Crippen LogP contribution in [0.25, 0.3) is 0 Å². The highest BCUT2D eigenvalue weighted by molar-refractivity contribution is 7.81. The van der Waals surface area contributed by atoms with E-state index in [0.717, 1.165) is 16.2 Å². The largest absolute Gasteiger partial charge is 0.464 e. The second-order valence-corrected chi connectivity index (χ2v) is 5.09. The second-order valence-electron chi connectivity index (χ2n) is 4.87. The topological polar surface area (TPSA) is 84.9 Å². The molecule has 0 atom stereocenters. The molecule has 0 spiro atoms. The van der Waals surface area contributed by atoms with Crippen molar-refractivity contribution < 1.29 is 23.9 Å². The summed E-state index contributed by atoms with van der Waals surface area (Å²) in [6.45, 7) is 4.78. The van der Waals surface area contributed by atoms with Crippen LogP contribution in [0.5, 0.6) is 0 Å². The molecular weight excluding hydrogens is 332 g/mol. The van der Waals surface area contributed by atoms with Gasteiger partial charge in [0, 0.05) is 19.2 Å². The lowest BCUT2D eigenvalue weighted by Crippen LogP contribution is -2.50. The molecule has 24 heavy (non-hydrogen) atoms. The molecule has 1 aromatic rings. The number of rotatable bonds is 8. The number of esters is 2. The van der Waals surface area contributed by atoms with Crippen LogP contribution in [0.2, 0.25) is 0 Å². The molecule has 0 radical (unpaired) electrons. The number of hydrogen-bond donors (Lipinski definition) is 2. The highest BCUT2D eigenvalue weighted by atomic mass is 32.1. The van der Waals surface area contributed by atoms with Gasteiger partial charge >= 0.3 is 11.9 Å². The quantitative estimate of drug-likeness (QED) is 0.421. The Balaban J connectivity index is 3.12. The fraction of sp³-hybridized carbons (Fsp3) is 0.438. The molecule has 0 aromatic heterocycles. The number of carbonyl (C=O) groups excluding carboxylic acids is 3. The maximum atomic E-state index is 12.2. The summed E-state index contributed by atoms with van der Waals surface area (Å²) in [5, 5.41) is 0. The molecule has 1 rings (SSSR count). The van der Waals surface area contributed by atoms with Crippen LogP contribution in [0, 0.1) is 0 Å². The van der Waals surface area contributed by atoms with Crippen LogP contribution in [0.3, 0.4) is 0 Å². The Morgan fingerprint density at radius 1 is 1.17 bits per heavy atom. The smallest absolute Gasteiger partial charge is 0.340 e. The Morgan fingerprint density at radius 3 is 2.21 bits per heavy atom. The van der Waals surface area contributed by atoms with Gasteiger partial charge in [-0.05, 0) is 31.5 Å². The zero-order chi connectivity index (χ0) is 18.1. The number of benzene rings is 1. The van der Waals surface area contributed by atoms with E-state index in [4.69, 9.17) is 9.47 Å². The third kappa shape index (κ3) is 5.45. The minimum atomic E-state index is -1.44.